The number of aromatic nitrogens is 2. The first-order valence-electron chi connectivity index (χ1n) is 12.2. The monoisotopic (exact) mass is 487 g/mol. The van der Waals surface area contributed by atoms with Crippen LogP contribution in [0.2, 0.25) is 5.02 Å². The summed E-state index contributed by atoms with van der Waals surface area (Å²) in [6.07, 6.45) is 5.17. The maximum atomic E-state index is 14.4. The fraction of sp³-hybridized carbons (Fsp3) is 0.577. The summed E-state index contributed by atoms with van der Waals surface area (Å²) >= 11 is 5.90. The maximum absolute atomic E-state index is 14.4. The number of aryl methyl sites for hydroxylation is 1. The molecule has 3 aliphatic rings. The number of halogens is 2. The lowest BCUT2D eigenvalue weighted by Gasteiger charge is -2.36. The molecule has 2 aliphatic carbocycles. The molecular weight excluding hydrogens is 457 g/mol. The molecular formula is C26H31ClFN3O3. The zero-order chi connectivity index (χ0) is 24.0. The van der Waals surface area contributed by atoms with Crippen LogP contribution in [0.25, 0.3) is 0 Å². The largest absolute Gasteiger partial charge is 0.469 e. The quantitative estimate of drug-likeness (QED) is 0.581. The van der Waals surface area contributed by atoms with Gasteiger partial charge < -0.3 is 9.64 Å². The summed E-state index contributed by atoms with van der Waals surface area (Å²) in [7, 11) is 1.46. The van der Waals surface area contributed by atoms with E-state index < -0.39 is 0 Å². The van der Waals surface area contributed by atoms with E-state index in [1.54, 1.807) is 12.1 Å². The Balaban J connectivity index is 1.28. The zero-order valence-corrected chi connectivity index (χ0v) is 20.5. The molecule has 5 rings (SSSR count). The molecule has 2 atom stereocenters. The van der Waals surface area contributed by atoms with E-state index in [4.69, 9.17) is 16.3 Å². The van der Waals surface area contributed by atoms with Crippen LogP contribution in [0.15, 0.2) is 18.2 Å². The van der Waals surface area contributed by atoms with E-state index in [9.17, 15) is 14.0 Å². The molecule has 2 aromatic rings. The van der Waals surface area contributed by atoms with Crippen LogP contribution in [-0.4, -0.2) is 40.2 Å². The molecule has 0 saturated heterocycles. The van der Waals surface area contributed by atoms with Gasteiger partial charge in [-0.2, -0.15) is 5.10 Å². The molecule has 182 valence electrons. The van der Waals surface area contributed by atoms with Crippen molar-refractivity contribution >= 4 is 23.5 Å². The van der Waals surface area contributed by atoms with Gasteiger partial charge in [0.1, 0.15) is 5.82 Å². The molecule has 1 aromatic heterocycles. The molecule has 0 radical (unpaired) electrons. The number of fused-ring (bicyclic) bond motifs is 3. The molecule has 0 spiro atoms. The molecule has 1 aromatic carbocycles. The van der Waals surface area contributed by atoms with E-state index in [-0.39, 0.29) is 23.6 Å². The van der Waals surface area contributed by atoms with Crippen LogP contribution >= 0.6 is 11.6 Å². The lowest BCUT2D eigenvalue weighted by Crippen LogP contribution is -2.40. The van der Waals surface area contributed by atoms with Gasteiger partial charge in [-0.3, -0.25) is 14.3 Å². The highest BCUT2D eigenvalue weighted by Crippen LogP contribution is 2.51. The molecule has 2 fully saturated rings. The average Bonchev–Trinajstić information content (AvgIpc) is 3.24. The Morgan fingerprint density at radius 3 is 2.65 bits per heavy atom. The minimum absolute atomic E-state index is 0.0167. The van der Waals surface area contributed by atoms with Crippen molar-refractivity contribution in [2.75, 3.05) is 13.7 Å². The van der Waals surface area contributed by atoms with Crippen molar-refractivity contribution in [1.82, 2.24) is 14.7 Å². The van der Waals surface area contributed by atoms with Gasteiger partial charge in [0.15, 0.2) is 0 Å². The standard InChI is InChI=1S/C26H31ClFN3O3/c1-15-21-7-8-30(14-24(21)31(29-15)13-18-5-6-20(27)11-23(18)28)25(32)12-22-16-3-4-17(22)10-19(9-16)26(33)34-2/h5-6,11,16-17,19,22H,3-4,7-10,12-14H2,1-2H3. The van der Waals surface area contributed by atoms with Gasteiger partial charge >= 0.3 is 5.97 Å². The number of rotatable bonds is 5. The van der Waals surface area contributed by atoms with Crippen LogP contribution in [-0.2, 0) is 33.8 Å². The summed E-state index contributed by atoms with van der Waals surface area (Å²) in [5.74, 6) is 0.900. The number of carbonyl (C=O) groups excluding carboxylic acids is 2. The van der Waals surface area contributed by atoms with Gasteiger partial charge in [0.25, 0.3) is 0 Å². The van der Waals surface area contributed by atoms with Gasteiger partial charge in [0.2, 0.25) is 5.91 Å². The number of methoxy groups -OCH3 is 1. The number of ether oxygens (including phenoxy) is 1. The summed E-state index contributed by atoms with van der Waals surface area (Å²) in [6.45, 7) is 3.46. The molecule has 2 bridgehead atoms. The minimum Gasteiger partial charge on any atom is -0.469 e. The lowest BCUT2D eigenvalue weighted by molar-refractivity contribution is -0.148. The molecule has 1 aliphatic heterocycles. The second kappa shape index (κ2) is 9.33. The molecule has 0 N–H and O–H groups in total. The second-order valence-corrected chi connectivity index (χ2v) is 10.6. The maximum Gasteiger partial charge on any atom is 0.308 e. The van der Waals surface area contributed by atoms with Crippen LogP contribution in [0.1, 0.15) is 54.6 Å². The van der Waals surface area contributed by atoms with Crippen molar-refractivity contribution in [1.29, 1.82) is 0 Å². The fourth-order valence-electron chi connectivity index (χ4n) is 6.51. The first kappa shape index (κ1) is 23.3. The van der Waals surface area contributed by atoms with Gasteiger partial charge in [-0.15, -0.1) is 0 Å². The van der Waals surface area contributed by atoms with Crippen LogP contribution in [0.5, 0.6) is 0 Å². The summed E-state index contributed by atoms with van der Waals surface area (Å²) < 4.78 is 21.2. The number of nitrogens with zero attached hydrogens (tertiary/aromatic N) is 3. The van der Waals surface area contributed by atoms with E-state index in [1.165, 1.54) is 13.2 Å². The van der Waals surface area contributed by atoms with Crippen LogP contribution < -0.4 is 0 Å². The molecule has 2 unspecified atom stereocenters. The van der Waals surface area contributed by atoms with E-state index >= 15 is 0 Å². The van der Waals surface area contributed by atoms with Gasteiger partial charge in [-0.05, 0) is 74.5 Å². The third-order valence-electron chi connectivity index (χ3n) is 8.27. The number of benzene rings is 1. The van der Waals surface area contributed by atoms with Crippen LogP contribution in [0.4, 0.5) is 4.39 Å². The summed E-state index contributed by atoms with van der Waals surface area (Å²) in [6, 6.07) is 4.69. The lowest BCUT2D eigenvalue weighted by atomic mass is 9.71. The number of hydrogen-bond acceptors (Lipinski definition) is 4. The van der Waals surface area contributed by atoms with Crippen molar-refractivity contribution in [3.63, 3.8) is 0 Å². The van der Waals surface area contributed by atoms with E-state index in [0.29, 0.717) is 54.4 Å². The Morgan fingerprint density at radius 1 is 1.24 bits per heavy atom. The number of amides is 1. The Bertz CT molecular complexity index is 1100. The van der Waals surface area contributed by atoms with E-state index in [1.807, 2.05) is 16.5 Å². The van der Waals surface area contributed by atoms with Gasteiger partial charge in [0, 0.05) is 23.6 Å². The van der Waals surface area contributed by atoms with Crippen LogP contribution in [0, 0.1) is 36.4 Å². The Kier molecular flexibility index (Phi) is 6.40. The van der Waals surface area contributed by atoms with Crippen molar-refractivity contribution in [3.8, 4) is 0 Å². The Hall–Kier alpha value is -2.41. The first-order valence-corrected chi connectivity index (χ1v) is 12.6. The highest BCUT2D eigenvalue weighted by Gasteiger charge is 2.46. The van der Waals surface area contributed by atoms with E-state index in [0.717, 1.165) is 49.1 Å². The van der Waals surface area contributed by atoms with Crippen LogP contribution in [0.3, 0.4) is 0 Å². The van der Waals surface area contributed by atoms with Crippen molar-refractivity contribution in [3.05, 3.63) is 51.6 Å². The number of esters is 1. The van der Waals surface area contributed by atoms with E-state index in [2.05, 4.69) is 5.10 Å². The number of carbonyl (C=O) groups is 2. The molecule has 34 heavy (non-hydrogen) atoms. The second-order valence-electron chi connectivity index (χ2n) is 10.1. The predicted octanol–water partition coefficient (Wildman–Crippen LogP) is 4.53. The Morgan fingerprint density at radius 2 is 1.97 bits per heavy atom. The van der Waals surface area contributed by atoms with Gasteiger partial charge in [0.05, 0.1) is 37.5 Å². The van der Waals surface area contributed by atoms with Gasteiger partial charge in [-0.25, -0.2) is 4.39 Å². The molecule has 1 amide bonds. The first-order chi connectivity index (χ1) is 16.3. The average molecular weight is 488 g/mol. The molecule has 2 saturated carbocycles. The molecule has 2 heterocycles. The predicted molar refractivity (Wildman–Crippen MR) is 126 cm³/mol. The minimum atomic E-state index is -0.351. The van der Waals surface area contributed by atoms with Crippen molar-refractivity contribution in [2.24, 2.45) is 23.7 Å². The third kappa shape index (κ3) is 4.35. The number of hydrogen-bond donors (Lipinski definition) is 0. The summed E-state index contributed by atoms with van der Waals surface area (Å²) in [5, 5.41) is 5.03. The molecule has 6 nitrogen and oxygen atoms in total. The topological polar surface area (TPSA) is 64.4 Å². The molecule has 8 heteroatoms. The third-order valence-corrected chi connectivity index (χ3v) is 8.50. The summed E-state index contributed by atoms with van der Waals surface area (Å²) in [5.41, 5.74) is 3.62. The normalized spacial score (nSPS) is 25.8. The van der Waals surface area contributed by atoms with Gasteiger partial charge in [-0.1, -0.05) is 17.7 Å². The van der Waals surface area contributed by atoms with Crippen molar-refractivity contribution < 1.29 is 18.7 Å². The zero-order valence-electron chi connectivity index (χ0n) is 19.7. The SMILES string of the molecule is COC(=O)C1CC2CCC(C1)C2CC(=O)N1CCc2c(C)nn(Cc3ccc(Cl)cc3F)c2C1. The summed E-state index contributed by atoms with van der Waals surface area (Å²) in [4.78, 5) is 27.3. The Labute approximate surface area is 204 Å². The fourth-order valence-corrected chi connectivity index (χ4v) is 6.67. The highest BCUT2D eigenvalue weighted by atomic mass is 35.5. The smallest absolute Gasteiger partial charge is 0.308 e. The highest BCUT2D eigenvalue weighted by molar-refractivity contribution is 6.30. The van der Waals surface area contributed by atoms with Crippen molar-refractivity contribution in [2.45, 2.75) is 58.5 Å².